The molecule has 0 aromatic carbocycles. The van der Waals surface area contributed by atoms with Gasteiger partial charge in [0, 0.05) is 12.2 Å². The number of hydrogen-bond acceptors (Lipinski definition) is 11. The van der Waals surface area contributed by atoms with Crippen LogP contribution in [0.15, 0.2) is 20.6 Å². The van der Waals surface area contributed by atoms with Crippen molar-refractivity contribution in [3.05, 3.63) is 32.0 Å². The first-order chi connectivity index (χ1) is 11.8. The maximum atomic E-state index is 10.9. The van der Waals surface area contributed by atoms with E-state index < -0.39 is 34.9 Å². The van der Waals surface area contributed by atoms with Gasteiger partial charge in [0.25, 0.3) is 0 Å². The number of anilines is 1. The zero-order valence-corrected chi connectivity index (χ0v) is 15.6. The number of nitriles is 2. The summed E-state index contributed by atoms with van der Waals surface area (Å²) < 4.78 is 43.6. The minimum atomic E-state index is -4.23. The summed E-state index contributed by atoms with van der Waals surface area (Å²) in [5.74, 6) is 0. The standard InChI is InChI=1S/C5H3N3O4S2.C5H5N3O2S2.H2/c6-1-3-2-13-5(8(9)10)4(3)14(7,11)12;6-1-3-2-11-5(7)4(3)12(8,9)10;/h2H,(H2,7,11,12);2H,7H2,(H2,8,9,10);1H. The Balaban J connectivity index is 0.000000488. The largest absolute Gasteiger partial charge is 0.389 e. The minimum Gasteiger partial charge on any atom is -0.389 e. The predicted molar refractivity (Wildman–Crippen MR) is 94.0 cm³/mol. The Kier molecular flexibility index (Phi) is 6.39. The van der Waals surface area contributed by atoms with Crippen molar-refractivity contribution in [2.24, 2.45) is 10.3 Å². The molecule has 2 heterocycles. The van der Waals surface area contributed by atoms with E-state index in [4.69, 9.17) is 26.5 Å². The molecule has 0 bridgehead atoms. The number of primary sulfonamides is 2. The van der Waals surface area contributed by atoms with Crippen LogP contribution in [0.1, 0.15) is 12.6 Å². The van der Waals surface area contributed by atoms with Crippen LogP contribution in [-0.2, 0) is 20.0 Å². The summed E-state index contributed by atoms with van der Waals surface area (Å²) in [4.78, 5) is 8.52. The maximum absolute atomic E-state index is 10.9. The van der Waals surface area contributed by atoms with E-state index in [1.165, 1.54) is 11.4 Å². The molecule has 0 spiro atoms. The SMILES string of the molecule is N#Cc1csc(N)c1S(N)(=O)=O.N#Cc1csc([N+](=O)[O-])c1S(N)(=O)=O.[HH]. The van der Waals surface area contributed by atoms with Crippen LogP contribution >= 0.6 is 22.7 Å². The van der Waals surface area contributed by atoms with E-state index in [2.05, 4.69) is 0 Å². The molecular formula is C10H10N6O6S4. The lowest BCUT2D eigenvalue weighted by Crippen LogP contribution is -2.14. The molecule has 0 radical (unpaired) electrons. The van der Waals surface area contributed by atoms with E-state index in [1.54, 1.807) is 6.07 Å². The zero-order valence-electron chi connectivity index (χ0n) is 12.3. The van der Waals surface area contributed by atoms with Gasteiger partial charge in [0.15, 0.2) is 4.90 Å². The van der Waals surface area contributed by atoms with Crippen molar-refractivity contribution in [2.75, 3.05) is 5.73 Å². The lowest BCUT2D eigenvalue weighted by atomic mass is 10.4. The highest BCUT2D eigenvalue weighted by Crippen LogP contribution is 2.32. The Hall–Kier alpha value is -2.60. The number of hydrogen-bond donors (Lipinski definition) is 3. The molecule has 6 N–H and O–H groups in total. The molecule has 0 saturated heterocycles. The van der Waals surface area contributed by atoms with Gasteiger partial charge < -0.3 is 5.73 Å². The number of nitrogen functional groups attached to an aromatic ring is 1. The molecule has 0 aliphatic heterocycles. The Morgan fingerprint density at radius 3 is 1.77 bits per heavy atom. The van der Waals surface area contributed by atoms with Crippen LogP contribution in [0.5, 0.6) is 0 Å². The lowest BCUT2D eigenvalue weighted by Gasteiger charge is -1.94. The van der Waals surface area contributed by atoms with Crippen LogP contribution in [0.25, 0.3) is 0 Å². The quantitative estimate of drug-likeness (QED) is 0.439. The first-order valence-electron chi connectivity index (χ1n) is 5.83. The van der Waals surface area contributed by atoms with E-state index in [-0.39, 0.29) is 22.5 Å². The van der Waals surface area contributed by atoms with Gasteiger partial charge in [0.1, 0.15) is 22.0 Å². The van der Waals surface area contributed by atoms with Gasteiger partial charge in [-0.25, -0.2) is 27.1 Å². The molecule has 0 amide bonds. The summed E-state index contributed by atoms with van der Waals surface area (Å²) in [6, 6.07) is 3.22. The van der Waals surface area contributed by atoms with Gasteiger partial charge in [-0.3, -0.25) is 10.1 Å². The van der Waals surface area contributed by atoms with Crippen molar-refractivity contribution in [3.8, 4) is 12.1 Å². The highest BCUT2D eigenvalue weighted by Gasteiger charge is 2.29. The third-order valence-electron chi connectivity index (χ3n) is 2.48. The number of nitro groups is 1. The van der Waals surface area contributed by atoms with Gasteiger partial charge in [-0.2, -0.15) is 10.5 Å². The second-order valence-electron chi connectivity index (χ2n) is 4.20. The summed E-state index contributed by atoms with van der Waals surface area (Å²) in [6.07, 6.45) is 0. The third kappa shape index (κ3) is 4.73. The van der Waals surface area contributed by atoms with Gasteiger partial charge in [0.2, 0.25) is 20.0 Å². The number of sulfonamides is 2. The molecule has 16 heteroatoms. The van der Waals surface area contributed by atoms with Crippen LogP contribution < -0.4 is 16.0 Å². The molecule has 2 aromatic heterocycles. The Morgan fingerprint density at radius 2 is 1.42 bits per heavy atom. The predicted octanol–water partition coefficient (Wildman–Crippen LogP) is 0.271. The van der Waals surface area contributed by atoms with Crippen LogP contribution in [-0.4, -0.2) is 21.8 Å². The molecule has 12 nitrogen and oxygen atoms in total. The number of nitrogens with zero attached hydrogens (tertiary/aromatic N) is 3. The van der Waals surface area contributed by atoms with Crippen molar-refractivity contribution < 1.29 is 23.2 Å². The average molecular weight is 438 g/mol. The van der Waals surface area contributed by atoms with Crippen molar-refractivity contribution in [3.63, 3.8) is 0 Å². The van der Waals surface area contributed by atoms with Gasteiger partial charge in [-0.05, 0) is 0 Å². The van der Waals surface area contributed by atoms with Crippen molar-refractivity contribution in [1.82, 2.24) is 0 Å². The van der Waals surface area contributed by atoms with Crippen LogP contribution in [0, 0.1) is 32.8 Å². The minimum absolute atomic E-state index is 0. The highest BCUT2D eigenvalue weighted by molar-refractivity contribution is 7.89. The van der Waals surface area contributed by atoms with Crippen LogP contribution in [0.2, 0.25) is 0 Å². The molecule has 0 saturated carbocycles. The van der Waals surface area contributed by atoms with Crippen LogP contribution in [0.3, 0.4) is 0 Å². The Bertz CT molecular complexity index is 1150. The van der Waals surface area contributed by atoms with E-state index in [0.29, 0.717) is 11.3 Å². The normalized spacial score (nSPS) is 10.9. The Morgan fingerprint density at radius 1 is 1.00 bits per heavy atom. The number of thiophene rings is 2. The molecule has 0 atom stereocenters. The second-order valence-corrected chi connectivity index (χ2v) is 8.96. The number of rotatable bonds is 3. The van der Waals surface area contributed by atoms with Crippen molar-refractivity contribution in [2.45, 2.75) is 9.79 Å². The average Bonchev–Trinajstić information content (AvgIpc) is 3.09. The fourth-order valence-corrected chi connectivity index (χ4v) is 5.44. The molecule has 2 rings (SSSR count). The van der Waals surface area contributed by atoms with Crippen LogP contribution in [0.4, 0.5) is 10.0 Å². The summed E-state index contributed by atoms with van der Waals surface area (Å²) in [5.41, 5.74) is 5.01. The topological polar surface area (TPSA) is 237 Å². The lowest BCUT2D eigenvalue weighted by molar-refractivity contribution is -0.383. The van der Waals surface area contributed by atoms with Crippen molar-refractivity contribution in [1.29, 1.82) is 10.5 Å². The molecule has 26 heavy (non-hydrogen) atoms. The molecule has 0 aliphatic carbocycles. The first kappa shape index (κ1) is 21.4. The molecule has 2 aromatic rings. The van der Waals surface area contributed by atoms with E-state index in [1.807, 2.05) is 0 Å². The molecule has 0 unspecified atom stereocenters. The molecule has 140 valence electrons. The number of nitrogens with two attached hydrogens (primary N) is 3. The first-order valence-corrected chi connectivity index (χ1v) is 10.7. The molecule has 0 aliphatic rings. The van der Waals surface area contributed by atoms with E-state index in [9.17, 15) is 26.9 Å². The summed E-state index contributed by atoms with van der Waals surface area (Å²) >= 11 is 1.53. The monoisotopic (exact) mass is 438 g/mol. The third-order valence-corrected chi connectivity index (χ3v) is 6.47. The smallest absolute Gasteiger partial charge is 0.345 e. The Labute approximate surface area is 156 Å². The zero-order chi connectivity index (χ0) is 20.3. The van der Waals surface area contributed by atoms with Gasteiger partial charge in [0.05, 0.1) is 16.1 Å². The van der Waals surface area contributed by atoms with Gasteiger partial charge in [-0.1, -0.05) is 11.3 Å². The van der Waals surface area contributed by atoms with Gasteiger partial charge in [-0.15, -0.1) is 11.3 Å². The second kappa shape index (κ2) is 7.74. The van der Waals surface area contributed by atoms with E-state index >= 15 is 0 Å². The fraction of sp³-hybridized carbons (Fsp3) is 0. The van der Waals surface area contributed by atoms with Crippen molar-refractivity contribution >= 4 is 52.7 Å². The molecule has 0 fully saturated rings. The maximum Gasteiger partial charge on any atom is 0.345 e. The van der Waals surface area contributed by atoms with E-state index in [0.717, 1.165) is 16.7 Å². The summed E-state index contributed by atoms with van der Waals surface area (Å²) in [5, 5.41) is 38.8. The summed E-state index contributed by atoms with van der Waals surface area (Å²) in [6.45, 7) is 0. The molecular weight excluding hydrogens is 428 g/mol. The fourth-order valence-electron chi connectivity index (χ4n) is 1.55. The van der Waals surface area contributed by atoms with Gasteiger partial charge >= 0.3 is 5.00 Å². The highest BCUT2D eigenvalue weighted by atomic mass is 32.2. The summed E-state index contributed by atoms with van der Waals surface area (Å²) in [7, 11) is -8.10.